The summed E-state index contributed by atoms with van der Waals surface area (Å²) in [5.41, 5.74) is 1.34. The van der Waals surface area contributed by atoms with Gasteiger partial charge in [0.15, 0.2) is 0 Å². The fourth-order valence-corrected chi connectivity index (χ4v) is 5.25. The molecule has 0 amide bonds. The lowest BCUT2D eigenvalue weighted by atomic mass is 9.34. The highest BCUT2D eigenvalue weighted by Gasteiger charge is 2.65. The molecule has 0 spiro atoms. The van der Waals surface area contributed by atoms with Crippen LogP contribution in [0.5, 0.6) is 0 Å². The third-order valence-corrected chi connectivity index (χ3v) is 7.00. The molecule has 0 heterocycles. The Kier molecular flexibility index (Phi) is 4.75. The lowest BCUT2D eigenvalue weighted by molar-refractivity contribution is -0.220. The maximum Gasteiger partial charge on any atom is -0.0165 e. The first kappa shape index (κ1) is 20.0. The molecule has 0 atom stereocenters. The molecule has 0 rings (SSSR count). The minimum Gasteiger partial charge on any atom is -0.0596 e. The summed E-state index contributed by atoms with van der Waals surface area (Å²) in [6, 6.07) is 0. The van der Waals surface area contributed by atoms with Crippen LogP contribution in [0.25, 0.3) is 0 Å². The molecule has 122 valence electrons. The first-order chi connectivity index (χ1) is 8.25. The van der Waals surface area contributed by atoms with Crippen LogP contribution in [0, 0.1) is 32.5 Å². The molecule has 0 N–H and O–H groups in total. The molecule has 0 aliphatic heterocycles. The molecule has 0 radical (unpaired) electrons. The van der Waals surface area contributed by atoms with E-state index in [0.717, 1.165) is 0 Å². The Morgan fingerprint density at radius 2 is 0.350 bits per heavy atom. The summed E-state index contributed by atoms with van der Waals surface area (Å²) in [6.07, 6.45) is 0. The minimum atomic E-state index is 0.198. The van der Waals surface area contributed by atoms with Crippen molar-refractivity contribution in [2.24, 2.45) is 32.5 Å². The highest BCUT2D eigenvalue weighted by Crippen LogP contribution is 2.71. The van der Waals surface area contributed by atoms with Gasteiger partial charge < -0.3 is 0 Å². The van der Waals surface area contributed by atoms with E-state index in [1.54, 1.807) is 0 Å². The zero-order chi connectivity index (χ0) is 17.0. The summed E-state index contributed by atoms with van der Waals surface area (Å²) >= 11 is 0. The van der Waals surface area contributed by atoms with Gasteiger partial charge in [0.1, 0.15) is 0 Å². The average molecular weight is 283 g/mol. The van der Waals surface area contributed by atoms with Crippen LogP contribution >= 0.6 is 0 Å². The number of hydrogen-bond acceptors (Lipinski definition) is 0. The van der Waals surface area contributed by atoms with Gasteiger partial charge in [-0.1, -0.05) is 96.9 Å². The van der Waals surface area contributed by atoms with Gasteiger partial charge in [0.05, 0.1) is 0 Å². The average Bonchev–Trinajstić information content (AvgIpc) is 2.07. The maximum atomic E-state index is 2.53. The standard InChI is InChI=1S/C20H42/c1-15(2,3)19(13,16(4,5)6)20(14,17(7,8)9)18(10,11)12/h1-14H3. The third-order valence-electron chi connectivity index (χ3n) is 7.00. The van der Waals surface area contributed by atoms with Crippen molar-refractivity contribution in [3.63, 3.8) is 0 Å². The Hall–Kier alpha value is 0. The largest absolute Gasteiger partial charge is 0.0596 e. The molecule has 0 nitrogen and oxygen atoms in total. The zero-order valence-electron chi connectivity index (χ0n) is 17.0. The van der Waals surface area contributed by atoms with Gasteiger partial charge in [-0.2, -0.15) is 0 Å². The van der Waals surface area contributed by atoms with E-state index in [4.69, 9.17) is 0 Å². The molecule has 0 aromatic rings. The molecular weight excluding hydrogens is 240 g/mol. The molecule has 0 aliphatic rings. The van der Waals surface area contributed by atoms with Gasteiger partial charge in [0.25, 0.3) is 0 Å². The summed E-state index contributed by atoms with van der Waals surface area (Å²) in [5.74, 6) is 0. The van der Waals surface area contributed by atoms with Crippen LogP contribution < -0.4 is 0 Å². The quantitative estimate of drug-likeness (QED) is 0.477. The predicted molar refractivity (Wildman–Crippen MR) is 94.0 cm³/mol. The first-order valence-corrected chi connectivity index (χ1v) is 8.25. The number of rotatable bonds is 1. The van der Waals surface area contributed by atoms with Crippen LogP contribution in [0.4, 0.5) is 0 Å². The van der Waals surface area contributed by atoms with E-state index in [2.05, 4.69) is 96.9 Å². The van der Waals surface area contributed by atoms with Gasteiger partial charge >= 0.3 is 0 Å². The van der Waals surface area contributed by atoms with E-state index in [1.165, 1.54) is 0 Å². The van der Waals surface area contributed by atoms with Crippen molar-refractivity contribution in [2.75, 3.05) is 0 Å². The van der Waals surface area contributed by atoms with Crippen molar-refractivity contribution in [1.82, 2.24) is 0 Å². The summed E-state index contributed by atoms with van der Waals surface area (Å²) in [7, 11) is 0. The SMILES string of the molecule is CC(C)(C)C(C)(C(C)(C)C)C(C)(C(C)(C)C)C(C)(C)C. The molecule has 20 heavy (non-hydrogen) atoms. The predicted octanol–water partition coefficient (Wildman–Crippen LogP) is 7.18. The molecular formula is C20H42. The van der Waals surface area contributed by atoms with Crippen molar-refractivity contribution in [1.29, 1.82) is 0 Å². The Morgan fingerprint density at radius 1 is 0.250 bits per heavy atom. The number of hydrogen-bond donors (Lipinski definition) is 0. The monoisotopic (exact) mass is 282 g/mol. The first-order valence-electron chi connectivity index (χ1n) is 8.25. The second-order valence-electron chi connectivity index (χ2n) is 11.2. The smallest absolute Gasteiger partial charge is 0.0165 e. The topological polar surface area (TPSA) is 0 Å². The molecule has 0 saturated carbocycles. The Labute approximate surface area is 130 Å². The van der Waals surface area contributed by atoms with Crippen LogP contribution in [0.15, 0.2) is 0 Å². The van der Waals surface area contributed by atoms with Gasteiger partial charge in [-0.25, -0.2) is 0 Å². The van der Waals surface area contributed by atoms with E-state index < -0.39 is 0 Å². The van der Waals surface area contributed by atoms with E-state index in [9.17, 15) is 0 Å². The lowest BCUT2D eigenvalue weighted by Gasteiger charge is -2.70. The molecule has 0 unspecified atom stereocenters. The van der Waals surface area contributed by atoms with E-state index >= 15 is 0 Å². The Morgan fingerprint density at radius 3 is 0.400 bits per heavy atom. The molecule has 0 saturated heterocycles. The molecule has 0 fully saturated rings. The van der Waals surface area contributed by atoms with Gasteiger partial charge in [-0.15, -0.1) is 0 Å². The summed E-state index contributed by atoms with van der Waals surface area (Å²) < 4.78 is 0. The van der Waals surface area contributed by atoms with Crippen LogP contribution in [-0.2, 0) is 0 Å². The summed E-state index contributed by atoms with van der Waals surface area (Å²) in [6.45, 7) is 34.2. The Bertz CT molecular complexity index is 266. The minimum absolute atomic E-state index is 0.198. The van der Waals surface area contributed by atoms with Crippen molar-refractivity contribution in [3.05, 3.63) is 0 Å². The second-order valence-corrected chi connectivity index (χ2v) is 11.2. The molecule has 0 aliphatic carbocycles. The van der Waals surface area contributed by atoms with Crippen molar-refractivity contribution in [3.8, 4) is 0 Å². The van der Waals surface area contributed by atoms with Gasteiger partial charge in [0, 0.05) is 0 Å². The van der Waals surface area contributed by atoms with Crippen LogP contribution in [-0.4, -0.2) is 0 Å². The highest BCUT2D eigenvalue weighted by atomic mass is 14.7. The normalized spacial score (nSPS) is 16.5. The van der Waals surface area contributed by atoms with Crippen molar-refractivity contribution >= 4 is 0 Å². The fourth-order valence-electron chi connectivity index (χ4n) is 5.25. The van der Waals surface area contributed by atoms with Gasteiger partial charge in [0.2, 0.25) is 0 Å². The molecule has 0 aromatic heterocycles. The van der Waals surface area contributed by atoms with E-state index in [0.29, 0.717) is 0 Å². The lowest BCUT2D eigenvalue weighted by Crippen LogP contribution is -2.64. The van der Waals surface area contributed by atoms with Gasteiger partial charge in [-0.05, 0) is 32.5 Å². The van der Waals surface area contributed by atoms with Crippen molar-refractivity contribution < 1.29 is 0 Å². The van der Waals surface area contributed by atoms with Crippen molar-refractivity contribution in [2.45, 2.75) is 96.9 Å². The fraction of sp³-hybridized carbons (Fsp3) is 1.00. The van der Waals surface area contributed by atoms with Gasteiger partial charge in [-0.3, -0.25) is 0 Å². The highest BCUT2D eigenvalue weighted by molar-refractivity contribution is 5.13. The van der Waals surface area contributed by atoms with Crippen LogP contribution in [0.1, 0.15) is 96.9 Å². The molecule has 0 aromatic carbocycles. The van der Waals surface area contributed by atoms with Crippen LogP contribution in [0.3, 0.4) is 0 Å². The molecule has 0 heteroatoms. The summed E-state index contributed by atoms with van der Waals surface area (Å²) in [5, 5.41) is 0. The third kappa shape index (κ3) is 2.57. The zero-order valence-corrected chi connectivity index (χ0v) is 17.0. The maximum absolute atomic E-state index is 2.53. The van der Waals surface area contributed by atoms with E-state index in [1.807, 2.05) is 0 Å². The summed E-state index contributed by atoms with van der Waals surface area (Å²) in [4.78, 5) is 0. The van der Waals surface area contributed by atoms with Crippen LogP contribution in [0.2, 0.25) is 0 Å². The van der Waals surface area contributed by atoms with E-state index in [-0.39, 0.29) is 32.5 Å². The second kappa shape index (κ2) is 4.75. The Balaban J connectivity index is 6.71. The molecule has 0 bridgehead atoms.